The molecule has 0 aromatic carbocycles. The van der Waals surface area contributed by atoms with Crippen LogP contribution in [0.5, 0.6) is 0 Å². The summed E-state index contributed by atoms with van der Waals surface area (Å²) < 4.78 is 11.1. The average Bonchev–Trinajstić information content (AvgIpc) is 2.65. The predicted octanol–water partition coefficient (Wildman–Crippen LogP) is 6.70. The molecular weight excluding hydrogens is 364 g/mol. The van der Waals surface area contributed by atoms with Crippen LogP contribution in [0.1, 0.15) is 112 Å². The summed E-state index contributed by atoms with van der Waals surface area (Å²) in [4.78, 5) is 25.2. The lowest BCUT2D eigenvalue weighted by molar-refractivity contribution is -0.163. The number of hydrogen-bond acceptors (Lipinski definition) is 4. The molecule has 1 aliphatic rings. The maximum atomic E-state index is 12.6. The Morgan fingerprint density at radius 3 is 1.93 bits per heavy atom. The van der Waals surface area contributed by atoms with Gasteiger partial charge in [-0.15, -0.1) is 0 Å². The molecule has 1 saturated carbocycles. The van der Waals surface area contributed by atoms with E-state index in [1.807, 2.05) is 0 Å². The molecule has 1 rings (SSSR count). The van der Waals surface area contributed by atoms with Crippen molar-refractivity contribution in [2.75, 3.05) is 13.2 Å². The van der Waals surface area contributed by atoms with Gasteiger partial charge < -0.3 is 9.47 Å². The third-order valence-electron chi connectivity index (χ3n) is 5.93. The Bertz CT molecular complexity index is 466. The van der Waals surface area contributed by atoms with E-state index in [0.29, 0.717) is 19.1 Å². The Morgan fingerprint density at radius 1 is 0.862 bits per heavy atom. The van der Waals surface area contributed by atoms with Gasteiger partial charge in [0.05, 0.1) is 25.0 Å². The molecular formula is C25H46O4. The first-order valence-corrected chi connectivity index (χ1v) is 12.1. The van der Waals surface area contributed by atoms with Gasteiger partial charge in [0.25, 0.3) is 0 Å². The van der Waals surface area contributed by atoms with Crippen LogP contribution in [0.15, 0.2) is 0 Å². The molecule has 0 aliphatic heterocycles. The zero-order chi connectivity index (χ0) is 21.7. The van der Waals surface area contributed by atoms with E-state index in [-0.39, 0.29) is 29.2 Å². The van der Waals surface area contributed by atoms with E-state index in [4.69, 9.17) is 9.47 Å². The van der Waals surface area contributed by atoms with Gasteiger partial charge in [0.2, 0.25) is 0 Å². The molecule has 0 N–H and O–H groups in total. The van der Waals surface area contributed by atoms with Crippen molar-refractivity contribution in [1.29, 1.82) is 0 Å². The highest BCUT2D eigenvalue weighted by Gasteiger charge is 2.37. The van der Waals surface area contributed by atoms with Crippen LogP contribution in [0.3, 0.4) is 0 Å². The predicted molar refractivity (Wildman–Crippen MR) is 119 cm³/mol. The second-order valence-corrected chi connectivity index (χ2v) is 10.3. The molecule has 1 aliphatic carbocycles. The van der Waals surface area contributed by atoms with Gasteiger partial charge >= 0.3 is 11.9 Å². The van der Waals surface area contributed by atoms with Gasteiger partial charge in [-0.2, -0.15) is 0 Å². The molecule has 0 radical (unpaired) electrons. The normalized spacial score (nSPS) is 20.9. The highest BCUT2D eigenvalue weighted by molar-refractivity contribution is 5.82. The number of unbranched alkanes of at least 4 members (excludes halogenated alkanes) is 5. The minimum absolute atomic E-state index is 0.193. The van der Waals surface area contributed by atoms with E-state index in [2.05, 4.69) is 34.6 Å². The van der Waals surface area contributed by atoms with Crippen LogP contribution in [0, 0.1) is 23.2 Å². The van der Waals surface area contributed by atoms with Crippen LogP contribution >= 0.6 is 0 Å². The molecule has 0 amide bonds. The smallest absolute Gasteiger partial charge is 0.309 e. The summed E-state index contributed by atoms with van der Waals surface area (Å²) in [5, 5.41) is 0. The van der Waals surface area contributed by atoms with Gasteiger partial charge in [0.15, 0.2) is 0 Å². The molecule has 4 nitrogen and oxygen atoms in total. The summed E-state index contributed by atoms with van der Waals surface area (Å²) in [5.41, 5.74) is 0.289. The Kier molecular flexibility index (Phi) is 12.6. The minimum Gasteiger partial charge on any atom is -0.465 e. The number of carbonyl (C=O) groups is 2. The van der Waals surface area contributed by atoms with E-state index in [9.17, 15) is 9.59 Å². The molecule has 0 aromatic heterocycles. The molecule has 0 heterocycles. The first kappa shape index (κ1) is 26.0. The lowest BCUT2D eigenvalue weighted by atomic mass is 9.79. The zero-order valence-corrected chi connectivity index (χ0v) is 19.8. The number of ether oxygens (including phenoxy) is 2. The van der Waals surface area contributed by atoms with Crippen molar-refractivity contribution in [3.8, 4) is 0 Å². The number of hydrogen-bond donors (Lipinski definition) is 0. The number of rotatable bonds is 13. The minimum atomic E-state index is -0.321. The molecule has 0 saturated heterocycles. The van der Waals surface area contributed by atoms with Crippen molar-refractivity contribution in [3.63, 3.8) is 0 Å². The molecule has 0 spiro atoms. The van der Waals surface area contributed by atoms with Gasteiger partial charge in [0.1, 0.15) is 0 Å². The fraction of sp³-hybridized carbons (Fsp3) is 0.920. The molecule has 3 unspecified atom stereocenters. The molecule has 1 fully saturated rings. The second-order valence-electron chi connectivity index (χ2n) is 10.3. The fourth-order valence-corrected chi connectivity index (χ4v) is 4.47. The molecule has 170 valence electrons. The van der Waals surface area contributed by atoms with Crippen LogP contribution in [0.4, 0.5) is 0 Å². The lowest BCUT2D eigenvalue weighted by Crippen LogP contribution is -2.35. The van der Waals surface area contributed by atoms with Gasteiger partial charge in [-0.1, -0.05) is 79.6 Å². The third-order valence-corrected chi connectivity index (χ3v) is 5.93. The van der Waals surface area contributed by atoms with Crippen molar-refractivity contribution >= 4 is 11.9 Å². The van der Waals surface area contributed by atoms with E-state index in [1.54, 1.807) is 0 Å². The van der Waals surface area contributed by atoms with Crippen LogP contribution in [-0.2, 0) is 19.1 Å². The van der Waals surface area contributed by atoms with Crippen LogP contribution in [0.2, 0.25) is 0 Å². The monoisotopic (exact) mass is 410 g/mol. The Hall–Kier alpha value is -1.06. The SMILES string of the molecule is CCCCCCCCOC(=O)C1CCCCC1C(=O)OCCC(C)CC(C)(C)C. The highest BCUT2D eigenvalue weighted by atomic mass is 16.5. The number of carbonyl (C=O) groups excluding carboxylic acids is 2. The zero-order valence-electron chi connectivity index (χ0n) is 19.8. The lowest BCUT2D eigenvalue weighted by Gasteiger charge is -2.28. The maximum absolute atomic E-state index is 12.6. The summed E-state index contributed by atoms with van der Waals surface area (Å²) in [6.07, 6.45) is 12.5. The van der Waals surface area contributed by atoms with Gasteiger partial charge in [-0.25, -0.2) is 0 Å². The summed E-state index contributed by atoms with van der Waals surface area (Å²) in [7, 11) is 0. The Labute approximate surface area is 179 Å². The first-order valence-electron chi connectivity index (χ1n) is 12.1. The van der Waals surface area contributed by atoms with Crippen molar-refractivity contribution in [2.45, 2.75) is 112 Å². The van der Waals surface area contributed by atoms with Crippen LogP contribution in [0.25, 0.3) is 0 Å². The average molecular weight is 411 g/mol. The van der Waals surface area contributed by atoms with E-state index >= 15 is 0 Å². The third kappa shape index (κ3) is 11.6. The quantitative estimate of drug-likeness (QED) is 0.250. The van der Waals surface area contributed by atoms with Crippen molar-refractivity contribution < 1.29 is 19.1 Å². The summed E-state index contributed by atoms with van der Waals surface area (Å²) in [6.45, 7) is 12.1. The Balaban J connectivity index is 2.34. The molecule has 29 heavy (non-hydrogen) atoms. The van der Waals surface area contributed by atoms with Gasteiger partial charge in [-0.3, -0.25) is 9.59 Å². The molecule has 4 heteroatoms. The first-order chi connectivity index (χ1) is 13.7. The molecule has 0 aromatic rings. The van der Waals surface area contributed by atoms with E-state index in [0.717, 1.165) is 51.4 Å². The topological polar surface area (TPSA) is 52.6 Å². The van der Waals surface area contributed by atoms with E-state index in [1.165, 1.54) is 25.7 Å². The Morgan fingerprint density at radius 2 is 1.38 bits per heavy atom. The summed E-state index contributed by atoms with van der Waals surface area (Å²) in [5.74, 6) is -0.509. The largest absolute Gasteiger partial charge is 0.465 e. The standard InChI is InChI=1S/C25H46O4/c1-6-7-8-9-10-13-17-28-23(26)21-14-11-12-15-22(21)24(27)29-18-16-20(2)19-25(3,4)5/h20-22H,6-19H2,1-5H3. The summed E-state index contributed by atoms with van der Waals surface area (Å²) in [6, 6.07) is 0. The van der Waals surface area contributed by atoms with Crippen LogP contribution in [-0.4, -0.2) is 25.2 Å². The fourth-order valence-electron chi connectivity index (χ4n) is 4.47. The van der Waals surface area contributed by atoms with Crippen molar-refractivity contribution in [1.82, 2.24) is 0 Å². The highest BCUT2D eigenvalue weighted by Crippen LogP contribution is 2.32. The van der Waals surface area contributed by atoms with Gasteiger partial charge in [0, 0.05) is 0 Å². The second kappa shape index (κ2) is 14.0. The van der Waals surface area contributed by atoms with Crippen LogP contribution < -0.4 is 0 Å². The molecule has 0 bridgehead atoms. The number of esters is 2. The van der Waals surface area contributed by atoms with Crippen molar-refractivity contribution in [3.05, 3.63) is 0 Å². The van der Waals surface area contributed by atoms with Crippen molar-refractivity contribution in [2.24, 2.45) is 23.2 Å². The summed E-state index contributed by atoms with van der Waals surface area (Å²) >= 11 is 0. The van der Waals surface area contributed by atoms with Gasteiger partial charge in [-0.05, 0) is 43.4 Å². The molecule has 3 atom stereocenters. The van der Waals surface area contributed by atoms with E-state index < -0.39 is 0 Å². The maximum Gasteiger partial charge on any atom is 0.309 e.